The maximum absolute atomic E-state index is 12.6. The van der Waals surface area contributed by atoms with Crippen LogP contribution in [0.4, 0.5) is 0 Å². The van der Waals surface area contributed by atoms with Gasteiger partial charge in [-0.15, -0.1) is 0 Å². The van der Waals surface area contributed by atoms with Crippen LogP contribution in [0.5, 0.6) is 0 Å². The molecule has 0 saturated carbocycles. The highest BCUT2D eigenvalue weighted by atomic mass is 16.5. The molecule has 1 aliphatic heterocycles. The lowest BCUT2D eigenvalue weighted by Gasteiger charge is -2.42. The second kappa shape index (κ2) is 6.20. The van der Waals surface area contributed by atoms with E-state index >= 15 is 0 Å². The van der Waals surface area contributed by atoms with Gasteiger partial charge in [-0.25, -0.2) is 4.98 Å². The molecule has 0 bridgehead atoms. The quantitative estimate of drug-likeness (QED) is 0.836. The zero-order valence-corrected chi connectivity index (χ0v) is 12.5. The van der Waals surface area contributed by atoms with Crippen LogP contribution in [0.2, 0.25) is 0 Å². The fourth-order valence-electron chi connectivity index (χ4n) is 2.53. The van der Waals surface area contributed by atoms with E-state index in [2.05, 4.69) is 4.98 Å². The van der Waals surface area contributed by atoms with E-state index in [9.17, 15) is 4.79 Å². The first-order valence-electron chi connectivity index (χ1n) is 6.77. The van der Waals surface area contributed by atoms with Crippen LogP contribution >= 0.6 is 0 Å². The highest BCUT2D eigenvalue weighted by Gasteiger charge is 2.35. The van der Waals surface area contributed by atoms with E-state index in [4.69, 9.17) is 14.7 Å². The normalized spacial score (nSPS) is 20.9. The average Bonchev–Trinajstić information content (AvgIpc) is 2.45. The number of carbonyl (C=O) groups excluding carboxylic acids is 1. The van der Waals surface area contributed by atoms with E-state index in [-0.39, 0.29) is 17.7 Å². The first-order chi connectivity index (χ1) is 9.95. The summed E-state index contributed by atoms with van der Waals surface area (Å²) in [6.07, 6.45) is 1.32. The number of morpholine rings is 1. The molecule has 112 valence electrons. The average molecular weight is 289 g/mol. The van der Waals surface area contributed by atoms with Crippen molar-refractivity contribution in [2.75, 3.05) is 26.8 Å². The Bertz CT molecular complexity index is 566. The van der Waals surface area contributed by atoms with Gasteiger partial charge in [-0.3, -0.25) is 4.79 Å². The minimum atomic E-state index is -0.428. The molecule has 1 aliphatic rings. The molecule has 1 amide bonds. The second-order valence-corrected chi connectivity index (χ2v) is 5.68. The topological polar surface area (TPSA) is 75.5 Å². The van der Waals surface area contributed by atoms with Gasteiger partial charge in [-0.1, -0.05) is 0 Å². The van der Waals surface area contributed by atoms with E-state index < -0.39 is 5.60 Å². The Balaban J connectivity index is 2.19. The first kappa shape index (κ1) is 15.4. The molecule has 1 fully saturated rings. The zero-order valence-electron chi connectivity index (χ0n) is 12.5. The van der Waals surface area contributed by atoms with E-state index in [1.807, 2.05) is 19.9 Å². The molecule has 0 spiro atoms. The highest BCUT2D eigenvalue weighted by Crippen LogP contribution is 2.22. The molecule has 2 heterocycles. The second-order valence-electron chi connectivity index (χ2n) is 5.68. The van der Waals surface area contributed by atoms with E-state index in [0.717, 1.165) is 0 Å². The number of hydrogen-bond acceptors (Lipinski definition) is 5. The Morgan fingerprint density at radius 3 is 3.10 bits per heavy atom. The van der Waals surface area contributed by atoms with Gasteiger partial charge in [0.25, 0.3) is 5.91 Å². The summed E-state index contributed by atoms with van der Waals surface area (Å²) in [4.78, 5) is 18.2. The molecule has 6 nitrogen and oxygen atoms in total. The minimum absolute atomic E-state index is 0.119. The van der Waals surface area contributed by atoms with Gasteiger partial charge in [0.2, 0.25) is 0 Å². The third-order valence-corrected chi connectivity index (χ3v) is 3.24. The maximum Gasteiger partial charge on any atom is 0.254 e. The predicted octanol–water partition coefficient (Wildman–Crippen LogP) is 1.22. The highest BCUT2D eigenvalue weighted by molar-refractivity contribution is 5.94. The van der Waals surface area contributed by atoms with Crippen LogP contribution in [-0.2, 0) is 9.47 Å². The van der Waals surface area contributed by atoms with E-state index in [1.54, 1.807) is 18.1 Å². The SMILES string of the molecule is COC[C@@H]1CN(C(=O)c2ccnc(C#N)c2)CC(C)(C)O1. The largest absolute Gasteiger partial charge is 0.382 e. The number of pyridine rings is 1. The van der Waals surface area contributed by atoms with Crippen molar-refractivity contribution < 1.29 is 14.3 Å². The van der Waals surface area contributed by atoms with Crippen LogP contribution in [0, 0.1) is 11.3 Å². The van der Waals surface area contributed by atoms with Gasteiger partial charge in [0, 0.05) is 32.0 Å². The minimum Gasteiger partial charge on any atom is -0.382 e. The van der Waals surface area contributed by atoms with Crippen LogP contribution in [0.1, 0.15) is 29.9 Å². The Morgan fingerprint density at radius 2 is 2.43 bits per heavy atom. The van der Waals surface area contributed by atoms with Crippen molar-refractivity contribution in [3.8, 4) is 6.07 Å². The monoisotopic (exact) mass is 289 g/mol. The van der Waals surface area contributed by atoms with Crippen molar-refractivity contribution in [3.63, 3.8) is 0 Å². The summed E-state index contributed by atoms with van der Waals surface area (Å²) in [7, 11) is 1.61. The van der Waals surface area contributed by atoms with Gasteiger partial charge in [-0.2, -0.15) is 5.26 Å². The van der Waals surface area contributed by atoms with Crippen molar-refractivity contribution in [2.45, 2.75) is 25.6 Å². The molecule has 1 aromatic rings. The summed E-state index contributed by atoms with van der Waals surface area (Å²) in [5, 5.41) is 8.88. The molecule has 6 heteroatoms. The van der Waals surface area contributed by atoms with Crippen LogP contribution in [-0.4, -0.2) is 54.3 Å². The fraction of sp³-hybridized carbons (Fsp3) is 0.533. The van der Waals surface area contributed by atoms with Crippen molar-refractivity contribution in [1.29, 1.82) is 5.26 Å². The summed E-state index contributed by atoms with van der Waals surface area (Å²) in [5.41, 5.74) is 0.277. The maximum atomic E-state index is 12.6. The molecule has 0 aromatic carbocycles. The number of amides is 1. The Hall–Kier alpha value is -1.97. The Morgan fingerprint density at radius 1 is 1.67 bits per heavy atom. The number of nitriles is 1. The molecular formula is C15H19N3O3. The third kappa shape index (κ3) is 3.78. The van der Waals surface area contributed by atoms with Crippen molar-refractivity contribution >= 4 is 5.91 Å². The number of hydrogen-bond donors (Lipinski definition) is 0. The zero-order chi connectivity index (χ0) is 15.5. The van der Waals surface area contributed by atoms with Crippen LogP contribution in [0.3, 0.4) is 0 Å². The van der Waals surface area contributed by atoms with Crippen LogP contribution in [0.15, 0.2) is 18.3 Å². The molecule has 0 unspecified atom stereocenters. The molecule has 0 aliphatic carbocycles. The number of ether oxygens (including phenoxy) is 2. The molecule has 21 heavy (non-hydrogen) atoms. The molecule has 1 saturated heterocycles. The molecule has 0 N–H and O–H groups in total. The van der Waals surface area contributed by atoms with E-state index in [0.29, 0.717) is 25.3 Å². The lowest BCUT2D eigenvalue weighted by atomic mass is 10.0. The smallest absolute Gasteiger partial charge is 0.254 e. The summed E-state index contributed by atoms with van der Waals surface area (Å²) >= 11 is 0. The molecule has 0 radical (unpaired) electrons. The molecule has 1 atom stereocenters. The predicted molar refractivity (Wildman–Crippen MR) is 75.7 cm³/mol. The molecular weight excluding hydrogens is 270 g/mol. The third-order valence-electron chi connectivity index (χ3n) is 3.24. The summed E-state index contributed by atoms with van der Waals surface area (Å²) < 4.78 is 11.0. The fourth-order valence-corrected chi connectivity index (χ4v) is 2.53. The standard InChI is InChI=1S/C15H19N3O3/c1-15(2)10-18(8-13(21-15)9-20-3)14(19)11-4-5-17-12(6-11)7-16/h4-6,13H,8-10H2,1-3H3/t13-/m0/s1. The van der Waals surface area contributed by atoms with Crippen LogP contribution < -0.4 is 0 Å². The lowest BCUT2D eigenvalue weighted by Crippen LogP contribution is -2.55. The number of carbonyl (C=O) groups is 1. The summed E-state index contributed by atoms with van der Waals surface area (Å²) in [6.45, 7) is 5.30. The lowest BCUT2D eigenvalue weighted by molar-refractivity contribution is -0.143. The van der Waals surface area contributed by atoms with Gasteiger partial charge in [0.1, 0.15) is 11.8 Å². The van der Waals surface area contributed by atoms with Gasteiger partial charge in [0.05, 0.1) is 18.3 Å². The molecule has 1 aromatic heterocycles. The molecule has 2 rings (SSSR count). The van der Waals surface area contributed by atoms with Gasteiger partial charge >= 0.3 is 0 Å². The van der Waals surface area contributed by atoms with Gasteiger partial charge in [-0.05, 0) is 26.0 Å². The number of methoxy groups -OCH3 is 1. The number of aromatic nitrogens is 1. The summed E-state index contributed by atoms with van der Waals surface area (Å²) in [6, 6.07) is 5.08. The Kier molecular flexibility index (Phi) is 4.56. The van der Waals surface area contributed by atoms with Crippen molar-refractivity contribution in [1.82, 2.24) is 9.88 Å². The Labute approximate surface area is 124 Å². The number of rotatable bonds is 3. The van der Waals surface area contributed by atoms with Crippen molar-refractivity contribution in [2.24, 2.45) is 0 Å². The van der Waals surface area contributed by atoms with Gasteiger partial charge in [0.15, 0.2) is 0 Å². The van der Waals surface area contributed by atoms with Gasteiger partial charge < -0.3 is 14.4 Å². The number of nitrogens with zero attached hydrogens (tertiary/aromatic N) is 3. The first-order valence-corrected chi connectivity index (χ1v) is 6.77. The van der Waals surface area contributed by atoms with Crippen LogP contribution in [0.25, 0.3) is 0 Å². The van der Waals surface area contributed by atoms with E-state index in [1.165, 1.54) is 12.3 Å². The summed E-state index contributed by atoms with van der Waals surface area (Å²) in [5.74, 6) is -0.119. The van der Waals surface area contributed by atoms with Crippen molar-refractivity contribution in [3.05, 3.63) is 29.6 Å².